The van der Waals surface area contributed by atoms with Gasteiger partial charge in [-0.1, -0.05) is 54.7 Å². The first-order valence-electron chi connectivity index (χ1n) is 16.6. The minimum atomic E-state index is -1.13. The standard InChI is InChI=1S/C40H46O10/c1-8-10-27(41)28(42)15-13-23-11-9-12-30(47-7)26(23)20-49-40(5,6)32(44)18-24-14-16-29(43)33-37(46)34-31(50-39(24)33)17-22(4)38-35(34)36(45)25(19-48-38)21(2)3/h8-17,25,27-28,32,36,41-45H,2,18-20H2,1,3-7H3/b10-8+,15-13+/t25-,27+,28-,32+,36-/m1/s1. The van der Waals surface area contributed by atoms with Crippen LogP contribution in [0.4, 0.5) is 0 Å². The number of phenolic OH excluding ortho intramolecular Hbond substituents is 1. The lowest BCUT2D eigenvalue weighted by Crippen LogP contribution is -2.40. The molecule has 0 radical (unpaired) electrons. The molecule has 5 rings (SSSR count). The van der Waals surface area contributed by atoms with Crippen LogP contribution in [0.5, 0.6) is 17.2 Å². The Morgan fingerprint density at radius 2 is 1.84 bits per heavy atom. The summed E-state index contributed by atoms with van der Waals surface area (Å²) in [6.07, 6.45) is 1.99. The summed E-state index contributed by atoms with van der Waals surface area (Å²) in [6.45, 7) is 13.1. The maximum absolute atomic E-state index is 14.1. The summed E-state index contributed by atoms with van der Waals surface area (Å²) >= 11 is 0. The third-order valence-electron chi connectivity index (χ3n) is 9.47. The van der Waals surface area contributed by atoms with Gasteiger partial charge < -0.3 is 44.2 Å². The molecule has 1 aliphatic rings. The predicted molar refractivity (Wildman–Crippen MR) is 193 cm³/mol. The minimum Gasteiger partial charge on any atom is -0.507 e. The van der Waals surface area contributed by atoms with Crippen molar-refractivity contribution in [1.82, 2.24) is 0 Å². The van der Waals surface area contributed by atoms with E-state index in [4.69, 9.17) is 18.6 Å². The largest absolute Gasteiger partial charge is 0.507 e. The average molecular weight is 687 g/mol. The third-order valence-corrected chi connectivity index (χ3v) is 9.47. The van der Waals surface area contributed by atoms with E-state index in [0.29, 0.717) is 44.9 Å². The number of aliphatic hydroxyl groups is 4. The highest BCUT2D eigenvalue weighted by Gasteiger charge is 2.35. The van der Waals surface area contributed by atoms with Crippen molar-refractivity contribution in [3.05, 3.63) is 105 Å². The fourth-order valence-electron chi connectivity index (χ4n) is 6.33. The zero-order valence-corrected chi connectivity index (χ0v) is 29.3. The minimum absolute atomic E-state index is 0.0132. The van der Waals surface area contributed by atoms with E-state index >= 15 is 0 Å². The van der Waals surface area contributed by atoms with Gasteiger partial charge in [-0.25, -0.2) is 0 Å². The second-order valence-electron chi connectivity index (χ2n) is 13.4. The normalized spacial score (nSPS) is 18.4. The Morgan fingerprint density at radius 1 is 1.12 bits per heavy atom. The van der Waals surface area contributed by atoms with Gasteiger partial charge >= 0.3 is 0 Å². The summed E-state index contributed by atoms with van der Waals surface area (Å²) in [5, 5.41) is 54.3. The van der Waals surface area contributed by atoms with Crippen LogP contribution < -0.4 is 14.9 Å². The molecule has 50 heavy (non-hydrogen) atoms. The van der Waals surface area contributed by atoms with Crippen molar-refractivity contribution in [3.63, 3.8) is 0 Å². The van der Waals surface area contributed by atoms with Crippen molar-refractivity contribution >= 4 is 28.0 Å². The van der Waals surface area contributed by atoms with Crippen LogP contribution in [-0.2, 0) is 17.8 Å². The first kappa shape index (κ1) is 36.8. The predicted octanol–water partition coefficient (Wildman–Crippen LogP) is 5.80. The highest BCUT2D eigenvalue weighted by atomic mass is 16.5. The summed E-state index contributed by atoms with van der Waals surface area (Å²) in [6, 6.07) is 10.1. The maximum Gasteiger partial charge on any atom is 0.204 e. The molecule has 0 unspecified atom stereocenters. The van der Waals surface area contributed by atoms with Crippen molar-refractivity contribution in [2.75, 3.05) is 13.7 Å². The van der Waals surface area contributed by atoms with Gasteiger partial charge in [0.25, 0.3) is 0 Å². The van der Waals surface area contributed by atoms with E-state index in [9.17, 15) is 30.3 Å². The van der Waals surface area contributed by atoms with Crippen molar-refractivity contribution in [3.8, 4) is 17.2 Å². The van der Waals surface area contributed by atoms with Crippen molar-refractivity contribution in [2.24, 2.45) is 5.92 Å². The Labute approximate surface area is 291 Å². The van der Waals surface area contributed by atoms with E-state index in [0.717, 1.165) is 0 Å². The molecule has 0 amide bonds. The number of aryl methyl sites for hydroxylation is 1. The maximum atomic E-state index is 14.1. The summed E-state index contributed by atoms with van der Waals surface area (Å²) in [5.74, 6) is 0.240. The molecule has 0 spiro atoms. The molecule has 0 fully saturated rings. The molecule has 3 aromatic carbocycles. The van der Waals surface area contributed by atoms with Crippen LogP contribution in [0.3, 0.4) is 0 Å². The Morgan fingerprint density at radius 3 is 2.52 bits per heavy atom. The number of hydrogen-bond acceptors (Lipinski definition) is 10. The summed E-state index contributed by atoms with van der Waals surface area (Å²) in [4.78, 5) is 14.1. The van der Waals surface area contributed by atoms with Crippen LogP contribution in [0.2, 0.25) is 0 Å². The number of fused-ring (bicyclic) bond motifs is 4. The van der Waals surface area contributed by atoms with Crippen LogP contribution >= 0.6 is 0 Å². The Kier molecular flexibility index (Phi) is 10.9. The number of ether oxygens (including phenoxy) is 3. The van der Waals surface area contributed by atoms with Gasteiger partial charge in [0.15, 0.2) is 0 Å². The van der Waals surface area contributed by atoms with E-state index in [1.54, 1.807) is 64.1 Å². The molecular weight excluding hydrogens is 640 g/mol. The lowest BCUT2D eigenvalue weighted by Gasteiger charge is -2.32. The van der Waals surface area contributed by atoms with Gasteiger partial charge in [0.2, 0.25) is 5.43 Å². The molecule has 10 nitrogen and oxygen atoms in total. The van der Waals surface area contributed by atoms with E-state index in [1.165, 1.54) is 25.3 Å². The quantitative estimate of drug-likeness (QED) is 0.0912. The molecule has 0 aliphatic carbocycles. The fourth-order valence-corrected chi connectivity index (χ4v) is 6.33. The number of phenols is 1. The number of allylic oxidation sites excluding steroid dienone is 1. The van der Waals surface area contributed by atoms with E-state index in [1.807, 2.05) is 13.0 Å². The van der Waals surface area contributed by atoms with Gasteiger partial charge in [-0.2, -0.15) is 0 Å². The van der Waals surface area contributed by atoms with Gasteiger partial charge in [0.1, 0.15) is 46.0 Å². The Hall–Kier alpha value is -4.45. The second-order valence-corrected chi connectivity index (χ2v) is 13.4. The monoisotopic (exact) mass is 686 g/mol. The average Bonchev–Trinajstić information content (AvgIpc) is 3.07. The lowest BCUT2D eigenvalue weighted by atomic mass is 9.85. The molecule has 1 aromatic heterocycles. The van der Waals surface area contributed by atoms with Crippen molar-refractivity contribution in [2.45, 2.75) is 77.7 Å². The van der Waals surface area contributed by atoms with Gasteiger partial charge in [0.05, 0.1) is 43.5 Å². The van der Waals surface area contributed by atoms with Crippen LogP contribution in [0, 0.1) is 12.8 Å². The molecule has 5 atom stereocenters. The summed E-state index contributed by atoms with van der Waals surface area (Å²) in [7, 11) is 1.54. The Balaban J connectivity index is 1.47. The van der Waals surface area contributed by atoms with Crippen LogP contribution in [-0.4, -0.2) is 63.2 Å². The molecule has 10 heteroatoms. The van der Waals surface area contributed by atoms with E-state index in [2.05, 4.69) is 6.58 Å². The second kappa shape index (κ2) is 14.8. The molecular formula is C40H46O10. The fraction of sp³-hybridized carbons (Fsp3) is 0.375. The summed E-state index contributed by atoms with van der Waals surface area (Å²) < 4.78 is 24.2. The SMILES string of the molecule is C=C(C)[C@H]1COc2c(C)cc3oc4c(C[C@H](O)C(C)(C)OCc5c(/C=C/[C@@H](O)[C@@H](O)/C=C/C)cccc5OC)ccc(O)c4c(=O)c3c2[C@@H]1O. The Bertz CT molecular complexity index is 2020. The van der Waals surface area contributed by atoms with Gasteiger partial charge in [-0.3, -0.25) is 4.79 Å². The number of hydrogen-bond donors (Lipinski definition) is 5. The lowest BCUT2D eigenvalue weighted by molar-refractivity contribution is -0.108. The molecule has 0 saturated heterocycles. The zero-order chi connectivity index (χ0) is 36.5. The number of rotatable bonds is 12. The molecule has 0 saturated carbocycles. The van der Waals surface area contributed by atoms with Gasteiger partial charge in [-0.15, -0.1) is 0 Å². The van der Waals surface area contributed by atoms with Crippen LogP contribution in [0.15, 0.2) is 76.0 Å². The van der Waals surface area contributed by atoms with E-state index < -0.39 is 41.4 Å². The van der Waals surface area contributed by atoms with Gasteiger partial charge in [-0.05, 0) is 69.5 Å². The highest BCUT2D eigenvalue weighted by molar-refractivity contribution is 5.97. The molecule has 2 heterocycles. The first-order valence-corrected chi connectivity index (χ1v) is 16.6. The number of benzene rings is 3. The number of aliphatic hydroxyl groups excluding tert-OH is 4. The molecule has 5 N–H and O–H groups in total. The number of methoxy groups -OCH3 is 1. The van der Waals surface area contributed by atoms with Gasteiger partial charge in [0, 0.05) is 23.5 Å². The van der Waals surface area contributed by atoms with E-state index in [-0.39, 0.29) is 47.3 Å². The molecule has 0 bridgehead atoms. The van der Waals surface area contributed by atoms with Crippen molar-refractivity contribution < 1.29 is 44.2 Å². The van der Waals surface area contributed by atoms with Crippen LogP contribution in [0.25, 0.3) is 28.0 Å². The molecule has 4 aromatic rings. The molecule has 266 valence electrons. The zero-order valence-electron chi connectivity index (χ0n) is 29.3. The molecule has 1 aliphatic heterocycles. The summed E-state index contributed by atoms with van der Waals surface area (Å²) in [5.41, 5.74) is 2.24. The number of aromatic hydroxyl groups is 1. The van der Waals surface area contributed by atoms with Crippen LogP contribution in [0.1, 0.15) is 61.6 Å². The van der Waals surface area contributed by atoms with Crippen molar-refractivity contribution in [1.29, 1.82) is 0 Å². The topological polar surface area (TPSA) is 159 Å². The first-order chi connectivity index (χ1) is 23.7. The smallest absolute Gasteiger partial charge is 0.204 e. The highest BCUT2D eigenvalue weighted by Crippen LogP contribution is 2.44. The third kappa shape index (κ3) is 7.08.